The highest BCUT2D eigenvalue weighted by Crippen LogP contribution is 2.16. The minimum Gasteiger partial charge on any atom is -0.358 e. The fourth-order valence-electron chi connectivity index (χ4n) is 1.77. The molecular weight excluding hydrogens is 225 g/mol. The van der Waals surface area contributed by atoms with E-state index in [2.05, 4.69) is 10.3 Å². The van der Waals surface area contributed by atoms with E-state index in [1.807, 2.05) is 0 Å². The van der Waals surface area contributed by atoms with E-state index in [-0.39, 0.29) is 18.2 Å². The van der Waals surface area contributed by atoms with Crippen molar-refractivity contribution in [2.75, 3.05) is 11.9 Å². The number of amides is 2. The van der Waals surface area contributed by atoms with Gasteiger partial charge in [-0.15, -0.1) is 0 Å². The smallest absolute Gasteiger partial charge is 0.252 e. The summed E-state index contributed by atoms with van der Waals surface area (Å²) in [6.07, 6.45) is 1.17. The lowest BCUT2D eigenvalue weighted by molar-refractivity contribution is -0.138. The number of nitrogens with one attached hydrogen (secondary N) is 1. The first-order chi connectivity index (χ1) is 8.11. The third-order valence-corrected chi connectivity index (χ3v) is 2.61. The molecule has 6 heteroatoms. The van der Waals surface area contributed by atoms with Crippen LogP contribution in [0, 0.1) is 5.82 Å². The molecule has 1 aromatic heterocycles. The first-order valence-electron chi connectivity index (χ1n) is 5.34. The Hall–Kier alpha value is -1.98. The van der Waals surface area contributed by atoms with Gasteiger partial charge in [-0.05, 0) is 19.1 Å². The molecule has 1 unspecified atom stereocenters. The average molecular weight is 237 g/mol. The van der Waals surface area contributed by atoms with Crippen LogP contribution in [0.4, 0.5) is 10.2 Å². The number of hydrogen-bond donors (Lipinski definition) is 1. The monoisotopic (exact) mass is 237 g/mol. The van der Waals surface area contributed by atoms with Gasteiger partial charge in [0.2, 0.25) is 5.91 Å². The van der Waals surface area contributed by atoms with E-state index >= 15 is 0 Å². The molecule has 0 aliphatic carbocycles. The van der Waals surface area contributed by atoms with Gasteiger partial charge in [-0.25, -0.2) is 9.37 Å². The number of aromatic nitrogens is 1. The highest BCUT2D eigenvalue weighted by molar-refractivity contribution is 6.06. The zero-order valence-corrected chi connectivity index (χ0v) is 9.31. The second-order valence-corrected chi connectivity index (χ2v) is 3.74. The average Bonchev–Trinajstić information content (AvgIpc) is 2.57. The van der Waals surface area contributed by atoms with Crippen LogP contribution in [0.15, 0.2) is 18.3 Å². The first-order valence-corrected chi connectivity index (χ1v) is 5.34. The zero-order valence-electron chi connectivity index (χ0n) is 9.31. The number of carbonyl (C=O) groups excluding carboxylic acids is 2. The van der Waals surface area contributed by atoms with Gasteiger partial charge in [0, 0.05) is 6.54 Å². The summed E-state index contributed by atoms with van der Waals surface area (Å²) in [5, 5.41) is 2.82. The van der Waals surface area contributed by atoms with Crippen LogP contribution in [-0.2, 0) is 9.59 Å². The molecular formula is C11H12FN3O2. The van der Waals surface area contributed by atoms with E-state index in [1.54, 1.807) is 6.92 Å². The predicted molar refractivity (Wildman–Crippen MR) is 58.6 cm³/mol. The van der Waals surface area contributed by atoms with Crippen LogP contribution >= 0.6 is 0 Å². The number of imide groups is 1. The summed E-state index contributed by atoms with van der Waals surface area (Å²) in [5.74, 6) is -0.518. The lowest BCUT2D eigenvalue weighted by atomic mass is 10.2. The van der Waals surface area contributed by atoms with Crippen LogP contribution in [-0.4, -0.2) is 34.3 Å². The zero-order chi connectivity index (χ0) is 12.4. The molecule has 1 saturated heterocycles. The van der Waals surface area contributed by atoms with Gasteiger partial charge in [-0.1, -0.05) is 0 Å². The maximum Gasteiger partial charge on any atom is 0.252 e. The van der Waals surface area contributed by atoms with Crippen molar-refractivity contribution >= 4 is 17.6 Å². The Labute approximate surface area is 97.6 Å². The third-order valence-electron chi connectivity index (χ3n) is 2.61. The number of likely N-dealkylation sites (N-methyl/N-ethyl adjacent to an activating group) is 1. The topological polar surface area (TPSA) is 62.3 Å². The van der Waals surface area contributed by atoms with E-state index in [1.165, 1.54) is 17.0 Å². The van der Waals surface area contributed by atoms with Gasteiger partial charge in [0.15, 0.2) is 0 Å². The van der Waals surface area contributed by atoms with Gasteiger partial charge in [0.05, 0.1) is 12.6 Å². The molecule has 1 atom stereocenters. The lowest BCUT2D eigenvalue weighted by Gasteiger charge is -2.13. The van der Waals surface area contributed by atoms with E-state index in [0.29, 0.717) is 12.4 Å². The minimum atomic E-state index is -0.597. The molecule has 0 aromatic carbocycles. The number of anilines is 1. The van der Waals surface area contributed by atoms with Gasteiger partial charge in [0.1, 0.15) is 17.7 Å². The molecule has 0 radical (unpaired) electrons. The van der Waals surface area contributed by atoms with E-state index < -0.39 is 11.9 Å². The van der Waals surface area contributed by atoms with Gasteiger partial charge >= 0.3 is 0 Å². The summed E-state index contributed by atoms with van der Waals surface area (Å²) in [7, 11) is 0. The molecule has 1 aliphatic rings. The fraction of sp³-hybridized carbons (Fsp3) is 0.364. The number of pyridine rings is 1. The van der Waals surface area contributed by atoms with Crippen LogP contribution in [0.5, 0.6) is 0 Å². The SMILES string of the molecule is CCN1C(=O)CC(Nc2ccc(F)cn2)C1=O. The molecule has 1 aromatic rings. The maximum atomic E-state index is 12.6. The molecule has 1 aliphatic heterocycles. The Morgan fingerprint density at radius 1 is 1.53 bits per heavy atom. The molecule has 0 bridgehead atoms. The van der Waals surface area contributed by atoms with Gasteiger partial charge in [0.25, 0.3) is 5.91 Å². The fourth-order valence-corrected chi connectivity index (χ4v) is 1.77. The Morgan fingerprint density at radius 2 is 2.29 bits per heavy atom. The molecule has 17 heavy (non-hydrogen) atoms. The van der Waals surface area contributed by atoms with Crippen LogP contribution < -0.4 is 5.32 Å². The molecule has 2 heterocycles. The molecule has 2 rings (SSSR count). The standard InChI is InChI=1S/C11H12FN3O2/c1-2-15-10(16)5-8(11(15)17)14-9-4-3-7(12)6-13-9/h3-4,6,8H,2,5H2,1H3,(H,13,14). The molecule has 2 amide bonds. The number of halogens is 1. The molecule has 1 N–H and O–H groups in total. The Kier molecular flexibility index (Phi) is 3.03. The maximum absolute atomic E-state index is 12.6. The van der Waals surface area contributed by atoms with Crippen molar-refractivity contribution in [3.05, 3.63) is 24.1 Å². The van der Waals surface area contributed by atoms with Crippen molar-refractivity contribution in [2.45, 2.75) is 19.4 Å². The van der Waals surface area contributed by atoms with Crippen molar-refractivity contribution in [1.29, 1.82) is 0 Å². The summed E-state index contributed by atoms with van der Waals surface area (Å²) < 4.78 is 12.6. The summed E-state index contributed by atoms with van der Waals surface area (Å²) in [4.78, 5) is 28.2. The van der Waals surface area contributed by atoms with Crippen molar-refractivity contribution in [3.8, 4) is 0 Å². The molecule has 90 valence electrons. The van der Waals surface area contributed by atoms with Gasteiger partial charge in [-0.3, -0.25) is 14.5 Å². The number of carbonyl (C=O) groups is 2. The molecule has 1 fully saturated rings. The number of rotatable bonds is 3. The van der Waals surface area contributed by atoms with E-state index in [9.17, 15) is 14.0 Å². The van der Waals surface area contributed by atoms with Gasteiger partial charge < -0.3 is 5.32 Å². The van der Waals surface area contributed by atoms with Gasteiger partial charge in [-0.2, -0.15) is 0 Å². The largest absolute Gasteiger partial charge is 0.358 e. The van der Waals surface area contributed by atoms with Crippen LogP contribution in [0.1, 0.15) is 13.3 Å². The highest BCUT2D eigenvalue weighted by atomic mass is 19.1. The Balaban J connectivity index is 2.08. The summed E-state index contributed by atoms with van der Waals surface area (Å²) in [6, 6.07) is 2.08. The van der Waals surface area contributed by atoms with Crippen LogP contribution in [0.3, 0.4) is 0 Å². The second kappa shape index (κ2) is 4.48. The highest BCUT2D eigenvalue weighted by Gasteiger charge is 2.37. The number of nitrogens with zero attached hydrogens (tertiary/aromatic N) is 2. The van der Waals surface area contributed by atoms with E-state index in [4.69, 9.17) is 0 Å². The summed E-state index contributed by atoms with van der Waals surface area (Å²) in [6.45, 7) is 2.11. The Bertz CT molecular complexity index is 447. The minimum absolute atomic E-state index is 0.117. The second-order valence-electron chi connectivity index (χ2n) is 3.74. The van der Waals surface area contributed by atoms with Crippen molar-refractivity contribution in [3.63, 3.8) is 0 Å². The molecule has 0 spiro atoms. The Morgan fingerprint density at radius 3 is 2.82 bits per heavy atom. The quantitative estimate of drug-likeness (QED) is 0.789. The normalized spacial score (nSPS) is 19.9. The number of likely N-dealkylation sites (tertiary alicyclic amines) is 1. The van der Waals surface area contributed by atoms with Crippen molar-refractivity contribution < 1.29 is 14.0 Å². The molecule has 0 saturated carbocycles. The first kappa shape index (κ1) is 11.5. The van der Waals surface area contributed by atoms with Crippen molar-refractivity contribution in [1.82, 2.24) is 9.88 Å². The van der Waals surface area contributed by atoms with E-state index in [0.717, 1.165) is 6.20 Å². The van der Waals surface area contributed by atoms with Crippen molar-refractivity contribution in [2.24, 2.45) is 0 Å². The van der Waals surface area contributed by atoms with Crippen LogP contribution in [0.25, 0.3) is 0 Å². The van der Waals surface area contributed by atoms with Crippen LogP contribution in [0.2, 0.25) is 0 Å². The third kappa shape index (κ3) is 2.25. The molecule has 5 nitrogen and oxygen atoms in total. The lowest BCUT2D eigenvalue weighted by Crippen LogP contribution is -2.34. The summed E-state index contributed by atoms with van der Waals surface area (Å²) in [5.41, 5.74) is 0. The predicted octanol–water partition coefficient (Wildman–Crippen LogP) is 0.780. The number of hydrogen-bond acceptors (Lipinski definition) is 4. The summed E-state index contributed by atoms with van der Waals surface area (Å²) >= 11 is 0.